The Kier molecular flexibility index (Phi) is 7.12. The van der Waals surface area contributed by atoms with Crippen LogP contribution in [-0.2, 0) is 11.3 Å². The molecule has 124 valence electrons. The number of aliphatic hydroxyl groups is 1. The van der Waals surface area contributed by atoms with Gasteiger partial charge in [0.05, 0.1) is 19.8 Å². The molecule has 0 radical (unpaired) electrons. The second-order valence-corrected chi connectivity index (χ2v) is 6.01. The zero-order valence-corrected chi connectivity index (χ0v) is 13.9. The third-order valence-electron chi connectivity index (χ3n) is 4.11. The van der Waals surface area contributed by atoms with E-state index in [1.54, 1.807) is 0 Å². The fourth-order valence-electron chi connectivity index (χ4n) is 2.68. The lowest BCUT2D eigenvalue weighted by atomic mass is 10.2. The van der Waals surface area contributed by atoms with Crippen LogP contribution in [0.15, 0.2) is 24.3 Å². The van der Waals surface area contributed by atoms with Gasteiger partial charge in [0.2, 0.25) is 0 Å². The summed E-state index contributed by atoms with van der Waals surface area (Å²) in [6, 6.07) is 8.64. The first-order chi connectivity index (χ1) is 10.7. The SMILES string of the molecule is CN(C)c1ccc(CN(CCO)CCN2CCOCC2)cc1. The van der Waals surface area contributed by atoms with E-state index in [-0.39, 0.29) is 6.61 Å². The Balaban J connectivity index is 1.84. The molecule has 1 fully saturated rings. The molecular formula is C17H29N3O2. The molecule has 1 heterocycles. The Morgan fingerprint density at radius 2 is 1.77 bits per heavy atom. The van der Waals surface area contributed by atoms with Gasteiger partial charge in [0.15, 0.2) is 0 Å². The van der Waals surface area contributed by atoms with Gasteiger partial charge >= 0.3 is 0 Å². The molecule has 0 amide bonds. The summed E-state index contributed by atoms with van der Waals surface area (Å²) in [5.74, 6) is 0. The van der Waals surface area contributed by atoms with Crippen molar-refractivity contribution in [2.75, 3.05) is 71.5 Å². The zero-order valence-electron chi connectivity index (χ0n) is 13.9. The Morgan fingerprint density at radius 1 is 1.09 bits per heavy atom. The molecule has 2 rings (SSSR count). The average molecular weight is 307 g/mol. The van der Waals surface area contributed by atoms with Crippen molar-refractivity contribution in [1.29, 1.82) is 0 Å². The minimum atomic E-state index is 0.207. The zero-order chi connectivity index (χ0) is 15.8. The van der Waals surface area contributed by atoms with Gasteiger partial charge < -0.3 is 14.7 Å². The fourth-order valence-corrected chi connectivity index (χ4v) is 2.68. The molecule has 1 aromatic rings. The van der Waals surface area contributed by atoms with Crippen LogP contribution in [0.5, 0.6) is 0 Å². The highest BCUT2D eigenvalue weighted by Gasteiger charge is 2.12. The van der Waals surface area contributed by atoms with Crippen LogP contribution in [0.2, 0.25) is 0 Å². The number of aliphatic hydroxyl groups excluding tert-OH is 1. The minimum absolute atomic E-state index is 0.207. The highest BCUT2D eigenvalue weighted by Crippen LogP contribution is 2.13. The van der Waals surface area contributed by atoms with Crippen molar-refractivity contribution in [3.05, 3.63) is 29.8 Å². The fraction of sp³-hybridized carbons (Fsp3) is 0.647. The summed E-state index contributed by atoms with van der Waals surface area (Å²) in [5, 5.41) is 9.29. The van der Waals surface area contributed by atoms with Crippen LogP contribution in [0, 0.1) is 0 Å². The van der Waals surface area contributed by atoms with Gasteiger partial charge in [-0.15, -0.1) is 0 Å². The lowest BCUT2D eigenvalue weighted by molar-refractivity contribution is 0.0320. The molecule has 0 atom stereocenters. The van der Waals surface area contributed by atoms with Crippen LogP contribution in [0.3, 0.4) is 0 Å². The van der Waals surface area contributed by atoms with E-state index < -0.39 is 0 Å². The highest BCUT2D eigenvalue weighted by atomic mass is 16.5. The van der Waals surface area contributed by atoms with Gasteiger partial charge in [-0.25, -0.2) is 0 Å². The molecule has 5 nitrogen and oxygen atoms in total. The third-order valence-corrected chi connectivity index (χ3v) is 4.11. The smallest absolute Gasteiger partial charge is 0.0594 e. The van der Waals surface area contributed by atoms with Crippen LogP contribution >= 0.6 is 0 Å². The number of morpholine rings is 1. The molecule has 1 aromatic carbocycles. The van der Waals surface area contributed by atoms with E-state index >= 15 is 0 Å². The molecule has 0 saturated carbocycles. The van der Waals surface area contributed by atoms with Gasteiger partial charge in [-0.2, -0.15) is 0 Å². The lowest BCUT2D eigenvalue weighted by Gasteiger charge is -2.30. The minimum Gasteiger partial charge on any atom is -0.395 e. The number of hydrogen-bond donors (Lipinski definition) is 1. The van der Waals surface area contributed by atoms with Crippen LogP contribution < -0.4 is 4.90 Å². The summed E-state index contributed by atoms with van der Waals surface area (Å²) in [7, 11) is 4.10. The van der Waals surface area contributed by atoms with Crippen molar-refractivity contribution < 1.29 is 9.84 Å². The van der Waals surface area contributed by atoms with Crippen molar-refractivity contribution in [3.8, 4) is 0 Å². The van der Waals surface area contributed by atoms with Crippen LogP contribution in [0.4, 0.5) is 5.69 Å². The van der Waals surface area contributed by atoms with E-state index in [0.717, 1.165) is 52.5 Å². The van der Waals surface area contributed by atoms with E-state index in [1.807, 2.05) is 0 Å². The monoisotopic (exact) mass is 307 g/mol. The first-order valence-electron chi connectivity index (χ1n) is 8.08. The van der Waals surface area contributed by atoms with Gasteiger partial charge in [-0.05, 0) is 17.7 Å². The van der Waals surface area contributed by atoms with Gasteiger partial charge in [0.1, 0.15) is 0 Å². The number of hydrogen-bond acceptors (Lipinski definition) is 5. The topological polar surface area (TPSA) is 39.2 Å². The third kappa shape index (κ3) is 5.57. The first-order valence-corrected chi connectivity index (χ1v) is 8.08. The Labute approximate surface area is 134 Å². The number of benzene rings is 1. The molecule has 1 saturated heterocycles. The Hall–Kier alpha value is -1.14. The first kappa shape index (κ1) is 17.2. The molecule has 0 unspecified atom stereocenters. The Morgan fingerprint density at radius 3 is 2.36 bits per heavy atom. The summed E-state index contributed by atoms with van der Waals surface area (Å²) in [6.07, 6.45) is 0. The molecular weight excluding hydrogens is 278 g/mol. The molecule has 0 aromatic heterocycles. The lowest BCUT2D eigenvalue weighted by Crippen LogP contribution is -2.41. The normalized spacial score (nSPS) is 16.2. The van der Waals surface area contributed by atoms with Crippen LogP contribution in [0.1, 0.15) is 5.56 Å². The van der Waals surface area contributed by atoms with Crippen molar-refractivity contribution >= 4 is 5.69 Å². The summed E-state index contributed by atoms with van der Waals surface area (Å²) in [5.41, 5.74) is 2.51. The second-order valence-electron chi connectivity index (χ2n) is 6.01. The summed E-state index contributed by atoms with van der Waals surface area (Å²) < 4.78 is 5.38. The molecule has 0 spiro atoms. The number of anilines is 1. The van der Waals surface area contributed by atoms with E-state index in [9.17, 15) is 5.11 Å². The van der Waals surface area contributed by atoms with E-state index in [4.69, 9.17) is 4.74 Å². The van der Waals surface area contributed by atoms with Crippen molar-refractivity contribution in [3.63, 3.8) is 0 Å². The molecule has 0 aliphatic carbocycles. The van der Waals surface area contributed by atoms with Crippen molar-refractivity contribution in [2.24, 2.45) is 0 Å². The average Bonchev–Trinajstić information content (AvgIpc) is 2.54. The molecule has 5 heteroatoms. The van der Waals surface area contributed by atoms with Gasteiger partial charge in [-0.1, -0.05) is 12.1 Å². The van der Waals surface area contributed by atoms with E-state index in [0.29, 0.717) is 0 Å². The Bertz CT molecular complexity index is 416. The molecule has 1 aliphatic heterocycles. The molecule has 22 heavy (non-hydrogen) atoms. The predicted octanol–water partition coefficient (Wildman–Crippen LogP) is 0.879. The largest absolute Gasteiger partial charge is 0.395 e. The molecule has 1 aliphatic rings. The van der Waals surface area contributed by atoms with Crippen molar-refractivity contribution in [2.45, 2.75) is 6.54 Å². The number of ether oxygens (including phenoxy) is 1. The summed E-state index contributed by atoms with van der Waals surface area (Å²) in [6.45, 7) is 7.55. The van der Waals surface area contributed by atoms with Crippen molar-refractivity contribution in [1.82, 2.24) is 9.80 Å². The van der Waals surface area contributed by atoms with Crippen LogP contribution in [0.25, 0.3) is 0 Å². The van der Waals surface area contributed by atoms with Gasteiger partial charge in [-0.3, -0.25) is 9.80 Å². The molecule has 1 N–H and O–H groups in total. The highest BCUT2D eigenvalue weighted by molar-refractivity contribution is 5.45. The predicted molar refractivity (Wildman–Crippen MR) is 90.4 cm³/mol. The van der Waals surface area contributed by atoms with Gasteiger partial charge in [0.25, 0.3) is 0 Å². The second kappa shape index (κ2) is 9.10. The maximum atomic E-state index is 9.29. The summed E-state index contributed by atoms with van der Waals surface area (Å²) >= 11 is 0. The maximum Gasteiger partial charge on any atom is 0.0594 e. The number of rotatable bonds is 8. The van der Waals surface area contributed by atoms with E-state index in [2.05, 4.69) is 53.1 Å². The number of nitrogens with zero attached hydrogens (tertiary/aromatic N) is 3. The van der Waals surface area contributed by atoms with Crippen LogP contribution in [-0.4, -0.2) is 81.5 Å². The standard InChI is InChI=1S/C17H29N3O2/c1-18(2)17-5-3-16(4-6-17)15-20(9-12-21)8-7-19-10-13-22-14-11-19/h3-6,21H,7-15H2,1-2H3. The van der Waals surface area contributed by atoms with E-state index in [1.165, 1.54) is 11.3 Å². The summed E-state index contributed by atoms with van der Waals surface area (Å²) in [4.78, 5) is 6.86. The maximum absolute atomic E-state index is 9.29. The molecule has 0 bridgehead atoms. The van der Waals surface area contributed by atoms with Gasteiger partial charge in [0, 0.05) is 59.1 Å². The quantitative estimate of drug-likeness (QED) is 0.772.